The molecule has 2 saturated heterocycles. The summed E-state index contributed by atoms with van der Waals surface area (Å²) in [4.78, 5) is 13.2. The molecule has 12 unspecified atom stereocenters. The Morgan fingerprint density at radius 3 is 1.33 bits per heavy atom. The maximum absolute atomic E-state index is 13.2. The third kappa shape index (κ3) is 28.7. The SMILES string of the molecule is CCCCCCCCCCC/C=C/C(O)C(COC1OC(CO)C(OC2OC(CO)C(O)C(O)C2O)C(O)C1O)NC(=O)CCCCCCCCCCCCCCCCCCCCCCCCCC. The number of aliphatic hydroxyl groups is 8. The summed E-state index contributed by atoms with van der Waals surface area (Å²) in [5, 5.41) is 86.8. The van der Waals surface area contributed by atoms with E-state index < -0.39 is 86.8 Å². The molecule has 1 amide bonds. The molecule has 14 heteroatoms. The molecule has 14 nitrogen and oxygen atoms in total. The van der Waals surface area contributed by atoms with Crippen molar-refractivity contribution in [2.75, 3.05) is 19.8 Å². The molecule has 0 aromatic rings. The van der Waals surface area contributed by atoms with Crippen LogP contribution in [0, 0.1) is 0 Å². The molecule has 0 aromatic heterocycles. The highest BCUT2D eigenvalue weighted by Crippen LogP contribution is 2.30. The Balaban J connectivity index is 1.72. The third-order valence-electron chi connectivity index (χ3n) is 14.2. The van der Waals surface area contributed by atoms with Crippen molar-refractivity contribution < 1.29 is 64.6 Å². The van der Waals surface area contributed by atoms with E-state index in [-0.39, 0.29) is 18.9 Å². The molecule has 9 N–H and O–H groups in total. The summed E-state index contributed by atoms with van der Waals surface area (Å²) in [6.45, 7) is 2.80. The van der Waals surface area contributed by atoms with Crippen LogP contribution in [-0.4, -0.2) is 140 Å². The molecule has 2 aliphatic rings. The van der Waals surface area contributed by atoms with E-state index in [1.165, 1.54) is 173 Å². The quantitative estimate of drug-likeness (QED) is 0.0206. The van der Waals surface area contributed by atoms with Crippen molar-refractivity contribution in [2.24, 2.45) is 0 Å². The fourth-order valence-electron chi connectivity index (χ4n) is 9.59. The fraction of sp³-hybridized carbons (Fsp3) is 0.945. The van der Waals surface area contributed by atoms with Gasteiger partial charge in [-0.25, -0.2) is 0 Å². The summed E-state index contributed by atoms with van der Waals surface area (Å²) in [6.07, 6.45) is 29.8. The third-order valence-corrected chi connectivity index (χ3v) is 14.2. The molecule has 0 radical (unpaired) electrons. The highest BCUT2D eigenvalue weighted by atomic mass is 16.7. The first-order valence-electron chi connectivity index (χ1n) is 28.4. The lowest BCUT2D eigenvalue weighted by Crippen LogP contribution is -2.65. The molecule has 69 heavy (non-hydrogen) atoms. The maximum Gasteiger partial charge on any atom is 0.220 e. The second-order valence-electron chi connectivity index (χ2n) is 20.4. The number of rotatable bonds is 45. The van der Waals surface area contributed by atoms with Crippen molar-refractivity contribution >= 4 is 5.91 Å². The number of amides is 1. The van der Waals surface area contributed by atoms with Gasteiger partial charge in [0.1, 0.15) is 48.8 Å². The van der Waals surface area contributed by atoms with E-state index in [4.69, 9.17) is 18.9 Å². The van der Waals surface area contributed by atoms with Gasteiger partial charge in [0, 0.05) is 6.42 Å². The highest BCUT2D eigenvalue weighted by molar-refractivity contribution is 5.76. The molecule has 0 saturated carbocycles. The van der Waals surface area contributed by atoms with Crippen LogP contribution in [0.3, 0.4) is 0 Å². The van der Waals surface area contributed by atoms with Crippen molar-refractivity contribution in [3.8, 4) is 0 Å². The first-order valence-corrected chi connectivity index (χ1v) is 28.4. The van der Waals surface area contributed by atoms with Gasteiger partial charge in [-0.2, -0.15) is 0 Å². The summed E-state index contributed by atoms with van der Waals surface area (Å²) in [5.74, 6) is -0.236. The van der Waals surface area contributed by atoms with Gasteiger partial charge in [-0.1, -0.05) is 225 Å². The lowest BCUT2D eigenvalue weighted by molar-refractivity contribution is -0.359. The Hall–Kier alpha value is -1.27. The number of nitrogens with one attached hydrogen (secondary N) is 1. The average molecular weight is 988 g/mol. The van der Waals surface area contributed by atoms with Gasteiger partial charge in [-0.3, -0.25) is 4.79 Å². The van der Waals surface area contributed by atoms with E-state index in [9.17, 15) is 45.6 Å². The van der Waals surface area contributed by atoms with Crippen LogP contribution in [0.4, 0.5) is 0 Å². The minimum Gasteiger partial charge on any atom is -0.394 e. The van der Waals surface area contributed by atoms with Crippen LogP contribution < -0.4 is 5.32 Å². The summed E-state index contributed by atoms with van der Waals surface area (Å²) in [6, 6.07) is -0.908. The van der Waals surface area contributed by atoms with Crippen LogP contribution in [0.25, 0.3) is 0 Å². The second-order valence-corrected chi connectivity index (χ2v) is 20.4. The highest BCUT2D eigenvalue weighted by Gasteiger charge is 2.51. The van der Waals surface area contributed by atoms with Crippen LogP contribution in [0.15, 0.2) is 12.2 Å². The molecular weight excluding hydrogens is 883 g/mol. The Morgan fingerprint density at radius 2 is 0.899 bits per heavy atom. The van der Waals surface area contributed by atoms with Crippen LogP contribution in [0.1, 0.15) is 239 Å². The van der Waals surface area contributed by atoms with Crippen molar-refractivity contribution in [1.82, 2.24) is 5.32 Å². The maximum atomic E-state index is 13.2. The van der Waals surface area contributed by atoms with Gasteiger partial charge in [0.25, 0.3) is 0 Å². The molecule has 0 aromatic carbocycles. The minimum atomic E-state index is -1.78. The summed E-state index contributed by atoms with van der Waals surface area (Å²) >= 11 is 0. The van der Waals surface area contributed by atoms with Crippen molar-refractivity contribution in [3.63, 3.8) is 0 Å². The second kappa shape index (κ2) is 42.1. The number of carbonyl (C=O) groups excluding carboxylic acids is 1. The average Bonchev–Trinajstić information content (AvgIpc) is 3.35. The largest absolute Gasteiger partial charge is 0.394 e. The van der Waals surface area contributed by atoms with Gasteiger partial charge < -0.3 is 65.1 Å². The molecule has 12 atom stereocenters. The zero-order chi connectivity index (χ0) is 50.3. The fourth-order valence-corrected chi connectivity index (χ4v) is 9.59. The Labute approximate surface area is 418 Å². The molecule has 0 bridgehead atoms. The standard InChI is InChI=1S/C55H105NO13/c1-3-5-7-9-11-13-15-16-17-18-19-20-21-22-23-24-25-26-27-29-31-33-35-37-39-47(60)56-43(44(59)38-36-34-32-30-28-14-12-10-8-6-4-2)42-66-54-52(65)50(63)53(46(41-58)68-54)69-55-51(64)49(62)48(61)45(40-57)67-55/h36,38,43-46,48-55,57-59,61-65H,3-35,37,39-42H2,1-2H3,(H,56,60)/b38-36+. The zero-order valence-electron chi connectivity index (χ0n) is 43.6. The number of aliphatic hydroxyl groups excluding tert-OH is 8. The van der Waals surface area contributed by atoms with Gasteiger partial charge in [-0.05, 0) is 19.3 Å². The predicted molar refractivity (Wildman–Crippen MR) is 272 cm³/mol. The van der Waals surface area contributed by atoms with Gasteiger partial charge >= 0.3 is 0 Å². The molecule has 2 aliphatic heterocycles. The van der Waals surface area contributed by atoms with Gasteiger partial charge in [-0.15, -0.1) is 0 Å². The minimum absolute atomic E-state index is 0.236. The van der Waals surface area contributed by atoms with Crippen LogP contribution in [0.2, 0.25) is 0 Å². The normalized spacial score (nSPS) is 26.2. The van der Waals surface area contributed by atoms with E-state index in [0.29, 0.717) is 6.42 Å². The van der Waals surface area contributed by atoms with Gasteiger partial charge in [0.2, 0.25) is 5.91 Å². The Kier molecular flexibility index (Phi) is 39.0. The van der Waals surface area contributed by atoms with Crippen molar-refractivity contribution in [3.05, 3.63) is 12.2 Å². The smallest absolute Gasteiger partial charge is 0.220 e. The first kappa shape index (κ1) is 63.8. The number of ether oxygens (including phenoxy) is 4. The zero-order valence-corrected chi connectivity index (χ0v) is 43.6. The first-order chi connectivity index (χ1) is 33.6. The molecule has 2 heterocycles. The number of unbranched alkanes of at least 4 members (excludes halogenated alkanes) is 32. The number of hydrogen-bond acceptors (Lipinski definition) is 13. The predicted octanol–water partition coefficient (Wildman–Crippen LogP) is 8.72. The summed E-state index contributed by atoms with van der Waals surface area (Å²) < 4.78 is 22.7. The van der Waals surface area contributed by atoms with E-state index >= 15 is 0 Å². The summed E-state index contributed by atoms with van der Waals surface area (Å²) in [5.41, 5.74) is 0. The van der Waals surface area contributed by atoms with Crippen LogP contribution in [-0.2, 0) is 23.7 Å². The van der Waals surface area contributed by atoms with E-state index in [2.05, 4.69) is 19.2 Å². The van der Waals surface area contributed by atoms with Gasteiger partial charge in [0.15, 0.2) is 12.6 Å². The van der Waals surface area contributed by atoms with E-state index in [1.54, 1.807) is 6.08 Å². The van der Waals surface area contributed by atoms with E-state index in [1.807, 2.05) is 6.08 Å². The Bertz CT molecular complexity index is 1210. The number of carbonyl (C=O) groups is 1. The topological polar surface area (TPSA) is 228 Å². The lowest BCUT2D eigenvalue weighted by Gasteiger charge is -2.46. The Morgan fingerprint density at radius 1 is 0.507 bits per heavy atom. The molecular formula is C55H105NO13. The molecule has 0 spiro atoms. The lowest BCUT2D eigenvalue weighted by atomic mass is 9.97. The summed E-state index contributed by atoms with van der Waals surface area (Å²) in [7, 11) is 0. The molecule has 408 valence electrons. The van der Waals surface area contributed by atoms with Gasteiger partial charge in [0.05, 0.1) is 32.0 Å². The number of hydrogen-bond donors (Lipinski definition) is 9. The van der Waals surface area contributed by atoms with Crippen molar-refractivity contribution in [1.29, 1.82) is 0 Å². The molecule has 2 rings (SSSR count). The van der Waals surface area contributed by atoms with Crippen LogP contribution in [0.5, 0.6) is 0 Å². The van der Waals surface area contributed by atoms with Crippen LogP contribution >= 0.6 is 0 Å². The molecule has 0 aliphatic carbocycles. The van der Waals surface area contributed by atoms with E-state index in [0.717, 1.165) is 38.5 Å². The monoisotopic (exact) mass is 988 g/mol. The van der Waals surface area contributed by atoms with Crippen molar-refractivity contribution in [2.45, 2.75) is 312 Å². The number of allylic oxidation sites excluding steroid dienone is 1. The molecule has 2 fully saturated rings.